The number of nitrogens with two attached hydrogens (primary N) is 2. The maximum atomic E-state index is 8.15. The maximum Gasteiger partial charge on any atom is 0.111 e. The highest BCUT2D eigenvalue weighted by atomic mass is 35.5. The average molecular weight is 427 g/mol. The van der Waals surface area contributed by atoms with Crippen LogP contribution in [0.4, 0.5) is 5.00 Å². The van der Waals surface area contributed by atoms with E-state index in [-0.39, 0.29) is 11.7 Å². The van der Waals surface area contributed by atoms with Crippen molar-refractivity contribution in [2.24, 2.45) is 11.6 Å². The molecule has 7 N–H and O–H groups in total. The maximum absolute atomic E-state index is 8.15. The first-order valence-corrected chi connectivity index (χ1v) is 9.79. The fourth-order valence-corrected chi connectivity index (χ4v) is 4.16. The molecule has 0 fully saturated rings. The Morgan fingerprint density at radius 2 is 1.83 bits per heavy atom. The van der Waals surface area contributed by atoms with Gasteiger partial charge in [-0.2, -0.15) is 0 Å². The minimum Gasteiger partial charge on any atom is -0.391 e. The Balaban J connectivity index is 2.70. The Labute approximate surface area is 179 Å². The Morgan fingerprint density at radius 3 is 2.34 bits per heavy atom. The van der Waals surface area contributed by atoms with Crippen molar-refractivity contribution >= 4 is 45.2 Å². The highest BCUT2D eigenvalue weighted by Gasteiger charge is 2.24. The second-order valence-electron chi connectivity index (χ2n) is 6.24. The molecule has 0 spiro atoms. The summed E-state index contributed by atoms with van der Waals surface area (Å²) in [5, 5.41) is 17.7. The van der Waals surface area contributed by atoms with Crippen molar-refractivity contribution < 1.29 is 0 Å². The summed E-state index contributed by atoms with van der Waals surface area (Å²) >= 11 is 7.40. The quantitative estimate of drug-likeness (QED) is 0.166. The van der Waals surface area contributed by atoms with Crippen LogP contribution in [0.1, 0.15) is 35.4 Å². The van der Waals surface area contributed by atoms with Gasteiger partial charge in [0, 0.05) is 16.8 Å². The van der Waals surface area contributed by atoms with Crippen molar-refractivity contribution in [1.29, 1.82) is 10.8 Å². The van der Waals surface area contributed by atoms with Gasteiger partial charge >= 0.3 is 0 Å². The second-order valence-corrected chi connectivity index (χ2v) is 7.68. The Hall–Kier alpha value is -3.05. The number of thiophene rings is 1. The first kappa shape index (κ1) is 22.2. The van der Waals surface area contributed by atoms with E-state index in [1.165, 1.54) is 17.5 Å². The van der Waals surface area contributed by atoms with E-state index in [0.29, 0.717) is 15.7 Å². The molecule has 0 aliphatic rings. The van der Waals surface area contributed by atoms with E-state index in [1.54, 1.807) is 30.9 Å². The van der Waals surface area contributed by atoms with E-state index in [4.69, 9.17) is 34.0 Å². The van der Waals surface area contributed by atoms with Gasteiger partial charge in [0.15, 0.2) is 0 Å². The molecule has 0 radical (unpaired) electrons. The van der Waals surface area contributed by atoms with Gasteiger partial charge in [0.2, 0.25) is 0 Å². The number of allylic oxidation sites excluding steroid dienone is 1. The first-order chi connectivity index (χ1) is 13.7. The number of hydrogen-bond donors (Lipinski definition) is 5. The fraction of sp³-hybridized carbons (Fsp3) is 0.143. The second kappa shape index (κ2) is 9.43. The lowest BCUT2D eigenvalue weighted by Gasteiger charge is -2.22. The first-order valence-electron chi connectivity index (χ1n) is 8.60. The molecule has 150 valence electrons. The van der Waals surface area contributed by atoms with Gasteiger partial charge in [-0.15, -0.1) is 11.3 Å². The minimum atomic E-state index is 0.232. The molecular weight excluding hydrogens is 404 g/mol. The molecule has 1 aromatic carbocycles. The van der Waals surface area contributed by atoms with Crippen LogP contribution in [-0.2, 0) is 0 Å². The van der Waals surface area contributed by atoms with Crippen molar-refractivity contribution in [1.82, 2.24) is 5.43 Å². The number of halogens is 1. The number of hydrogen-bond acceptors (Lipinski definition) is 6. The van der Waals surface area contributed by atoms with Gasteiger partial charge in [0.1, 0.15) is 22.4 Å². The molecule has 6 nitrogen and oxygen atoms in total. The van der Waals surface area contributed by atoms with E-state index < -0.39 is 0 Å². The lowest BCUT2D eigenvalue weighted by atomic mass is 9.97. The fourth-order valence-electron chi connectivity index (χ4n) is 2.74. The number of nitrogens with zero attached hydrogens (tertiary/aromatic N) is 1. The van der Waals surface area contributed by atoms with Crippen molar-refractivity contribution in [2.75, 3.05) is 4.90 Å². The predicted molar refractivity (Wildman–Crippen MR) is 124 cm³/mol. The number of anilines is 1. The summed E-state index contributed by atoms with van der Waals surface area (Å²) in [6.07, 6.45) is 1.40. The number of nitrogens with one attached hydrogen (secondary N) is 3. The van der Waals surface area contributed by atoms with Crippen LogP contribution in [0.15, 0.2) is 42.7 Å². The zero-order valence-electron chi connectivity index (χ0n) is 16.5. The van der Waals surface area contributed by atoms with Gasteiger partial charge in [0.05, 0.1) is 4.88 Å². The summed E-state index contributed by atoms with van der Waals surface area (Å²) in [5.74, 6) is 11.6. The van der Waals surface area contributed by atoms with Crippen LogP contribution in [0.2, 0.25) is 5.02 Å². The van der Waals surface area contributed by atoms with Crippen LogP contribution < -0.4 is 21.9 Å². The Morgan fingerprint density at radius 1 is 1.24 bits per heavy atom. The molecule has 0 aliphatic carbocycles. The van der Waals surface area contributed by atoms with E-state index in [0.717, 1.165) is 27.1 Å². The van der Waals surface area contributed by atoms with E-state index in [9.17, 15) is 0 Å². The van der Waals surface area contributed by atoms with Crippen LogP contribution in [0.5, 0.6) is 0 Å². The highest BCUT2D eigenvalue weighted by Crippen LogP contribution is 2.42. The van der Waals surface area contributed by atoms with Gasteiger partial charge in [-0.05, 0) is 61.4 Å². The molecule has 29 heavy (non-hydrogen) atoms. The molecule has 0 aliphatic heterocycles. The zero-order valence-corrected chi connectivity index (χ0v) is 18.1. The molecule has 1 aromatic heterocycles. The predicted octanol–water partition coefficient (Wildman–Crippen LogP) is 4.19. The van der Waals surface area contributed by atoms with Crippen LogP contribution in [0, 0.1) is 29.6 Å². The molecule has 0 atom stereocenters. The zero-order chi connectivity index (χ0) is 21.7. The molecule has 0 saturated carbocycles. The normalized spacial score (nSPS) is 10.7. The van der Waals surface area contributed by atoms with Crippen molar-refractivity contribution in [3.8, 4) is 11.8 Å². The molecule has 8 heteroatoms. The van der Waals surface area contributed by atoms with Gasteiger partial charge in [0.25, 0.3) is 0 Å². The molecule has 0 saturated heterocycles. The monoisotopic (exact) mass is 426 g/mol. The lowest BCUT2D eigenvalue weighted by Crippen LogP contribution is -2.32. The van der Waals surface area contributed by atoms with Crippen LogP contribution in [-0.4, -0.2) is 11.7 Å². The third-order valence-corrected chi connectivity index (χ3v) is 5.50. The topological polar surface area (TPSA) is 115 Å². The van der Waals surface area contributed by atoms with E-state index in [2.05, 4.69) is 23.8 Å². The summed E-state index contributed by atoms with van der Waals surface area (Å²) in [6.45, 7) is 9.49. The summed E-state index contributed by atoms with van der Waals surface area (Å²) < 4.78 is 0. The Bertz CT molecular complexity index is 1040. The molecule has 2 rings (SSSR count). The van der Waals surface area contributed by atoms with Gasteiger partial charge < -0.3 is 11.2 Å². The van der Waals surface area contributed by atoms with Gasteiger partial charge in [-0.25, -0.2) is 0 Å². The summed E-state index contributed by atoms with van der Waals surface area (Å²) in [6, 6.07) is 7.39. The van der Waals surface area contributed by atoms with Crippen molar-refractivity contribution in [3.05, 3.63) is 69.3 Å². The molecule has 0 bridgehead atoms. The van der Waals surface area contributed by atoms with Crippen molar-refractivity contribution in [3.63, 3.8) is 0 Å². The van der Waals surface area contributed by atoms with Crippen LogP contribution in [0.3, 0.4) is 0 Å². The van der Waals surface area contributed by atoms with Crippen LogP contribution >= 0.6 is 22.9 Å². The lowest BCUT2D eigenvalue weighted by molar-refractivity contribution is 0.956. The highest BCUT2D eigenvalue weighted by molar-refractivity contribution is 7.17. The summed E-state index contributed by atoms with van der Waals surface area (Å²) in [4.78, 5) is 2.34. The third kappa shape index (κ3) is 5.06. The van der Waals surface area contributed by atoms with Gasteiger partial charge in [-0.1, -0.05) is 30.3 Å². The molecular formula is C21H23ClN6S. The van der Waals surface area contributed by atoms with Crippen LogP contribution in [0.25, 0.3) is 5.57 Å². The Kier molecular flexibility index (Phi) is 7.23. The van der Waals surface area contributed by atoms with Crippen molar-refractivity contribution in [2.45, 2.75) is 20.8 Å². The SMILES string of the molecule is C=C(c1ccc(Cl)cc1)c1c(N(C(C)=N)C(C)=N)sc(C#C/C(N)=C/NN)c1C. The summed E-state index contributed by atoms with van der Waals surface area (Å²) in [5.41, 5.74) is 11.8. The number of rotatable bonds is 4. The molecule has 0 unspecified atom stereocenters. The molecule has 1 heterocycles. The summed E-state index contributed by atoms with van der Waals surface area (Å²) in [7, 11) is 0. The molecule has 0 amide bonds. The van der Waals surface area contributed by atoms with E-state index in [1.807, 2.05) is 19.1 Å². The van der Waals surface area contributed by atoms with E-state index >= 15 is 0 Å². The average Bonchev–Trinajstić information content (AvgIpc) is 2.95. The van der Waals surface area contributed by atoms with Gasteiger partial charge in [-0.3, -0.25) is 21.6 Å². The molecule has 2 aromatic rings. The number of hydrazine groups is 1. The standard InChI is InChI=1S/C21H23ClN6S/c1-12(16-5-7-17(22)8-6-16)20-13(2)19(10-9-18(25)11-27-26)29-21(20)28(14(3)23)15(4)24/h5-8,11,23-24,27H,1,25-26H2,2-4H3/b18-11-,23-14?,24-15?. The smallest absolute Gasteiger partial charge is 0.111 e. The number of benzene rings is 1. The minimum absolute atomic E-state index is 0.232. The number of amidine groups is 2. The third-order valence-electron chi connectivity index (χ3n) is 4.06. The largest absolute Gasteiger partial charge is 0.391 e.